The number of esters is 1. The van der Waals surface area contributed by atoms with E-state index >= 15 is 0 Å². The van der Waals surface area contributed by atoms with Crippen molar-refractivity contribution >= 4 is 11.9 Å². The van der Waals surface area contributed by atoms with Crippen molar-refractivity contribution in [3.05, 3.63) is 83.9 Å². The van der Waals surface area contributed by atoms with Gasteiger partial charge in [-0.15, -0.1) is 0 Å². The summed E-state index contributed by atoms with van der Waals surface area (Å²) in [7, 11) is 0. The molecule has 0 radical (unpaired) electrons. The number of carbonyl (C=O) groups is 2. The van der Waals surface area contributed by atoms with Crippen LogP contribution in [0.1, 0.15) is 30.9 Å². The number of hydrogen-bond donors (Lipinski definition) is 0. The second-order valence-electron chi connectivity index (χ2n) is 5.91. The van der Waals surface area contributed by atoms with Crippen LogP contribution in [-0.2, 0) is 14.3 Å². The third-order valence-corrected chi connectivity index (χ3v) is 4.08. The molecule has 0 N–H and O–H groups in total. The Balaban J connectivity index is 2.18. The van der Waals surface area contributed by atoms with E-state index in [1.807, 2.05) is 73.7 Å². The minimum absolute atomic E-state index is 0.0574. The first-order chi connectivity index (χ1) is 12.6. The zero-order valence-electron chi connectivity index (χ0n) is 15.3. The second kappa shape index (κ2) is 10.2. The molecule has 0 bridgehead atoms. The van der Waals surface area contributed by atoms with Crippen molar-refractivity contribution in [2.24, 2.45) is 0 Å². The van der Waals surface area contributed by atoms with Gasteiger partial charge in [0.05, 0.1) is 5.92 Å². The van der Waals surface area contributed by atoms with Gasteiger partial charge in [0, 0.05) is 20.0 Å². The van der Waals surface area contributed by atoms with Gasteiger partial charge >= 0.3 is 5.97 Å². The molecule has 4 nitrogen and oxygen atoms in total. The third kappa shape index (κ3) is 5.59. The van der Waals surface area contributed by atoms with Crippen molar-refractivity contribution < 1.29 is 14.3 Å². The molecule has 26 heavy (non-hydrogen) atoms. The van der Waals surface area contributed by atoms with E-state index < -0.39 is 0 Å². The summed E-state index contributed by atoms with van der Waals surface area (Å²) in [6, 6.07) is 19.7. The number of ether oxygens (including phenoxy) is 1. The molecule has 0 unspecified atom stereocenters. The number of amides is 1. The van der Waals surface area contributed by atoms with Crippen LogP contribution in [0.25, 0.3) is 0 Å². The molecule has 2 rings (SSSR count). The Morgan fingerprint density at radius 3 is 1.96 bits per heavy atom. The number of likely N-dealkylation sites (N-methyl/N-ethyl adjacent to an activating group) is 1. The Bertz CT molecular complexity index is 686. The average molecular weight is 351 g/mol. The summed E-state index contributed by atoms with van der Waals surface area (Å²) in [6.07, 6.45) is 3.62. The minimum atomic E-state index is -0.334. The predicted octanol–water partition coefficient (Wildman–Crippen LogP) is 3.79. The molecule has 4 heteroatoms. The third-order valence-electron chi connectivity index (χ3n) is 4.08. The number of rotatable bonds is 8. The fraction of sp³-hybridized carbons (Fsp3) is 0.273. The van der Waals surface area contributed by atoms with Crippen LogP contribution in [0.3, 0.4) is 0 Å². The lowest BCUT2D eigenvalue weighted by Gasteiger charge is -2.26. The molecule has 0 spiro atoms. The molecule has 0 aliphatic rings. The molecular formula is C22H25NO3. The first kappa shape index (κ1) is 19.4. The van der Waals surface area contributed by atoms with Gasteiger partial charge in [-0.1, -0.05) is 66.7 Å². The van der Waals surface area contributed by atoms with Crippen molar-refractivity contribution in [3.8, 4) is 0 Å². The van der Waals surface area contributed by atoms with E-state index in [4.69, 9.17) is 4.74 Å². The van der Waals surface area contributed by atoms with E-state index in [1.165, 1.54) is 6.92 Å². The van der Waals surface area contributed by atoms with Gasteiger partial charge in [0.25, 0.3) is 0 Å². The highest BCUT2D eigenvalue weighted by Crippen LogP contribution is 2.26. The molecule has 0 aliphatic heterocycles. The number of hydrogen-bond acceptors (Lipinski definition) is 3. The van der Waals surface area contributed by atoms with Gasteiger partial charge in [0.2, 0.25) is 5.91 Å². The summed E-state index contributed by atoms with van der Waals surface area (Å²) < 4.78 is 4.87. The number of benzene rings is 2. The fourth-order valence-corrected chi connectivity index (χ4v) is 2.76. The van der Waals surface area contributed by atoms with E-state index in [0.29, 0.717) is 13.1 Å². The van der Waals surface area contributed by atoms with Gasteiger partial charge in [0.1, 0.15) is 6.61 Å². The van der Waals surface area contributed by atoms with Gasteiger partial charge in [-0.25, -0.2) is 0 Å². The monoisotopic (exact) mass is 351 g/mol. The Kier molecular flexibility index (Phi) is 7.62. The SMILES string of the molecule is CCN(CC=CCOC(C)=O)C(=O)C(c1ccccc1)c1ccccc1. The highest BCUT2D eigenvalue weighted by atomic mass is 16.5. The van der Waals surface area contributed by atoms with Crippen LogP contribution in [0.4, 0.5) is 0 Å². The maximum absolute atomic E-state index is 13.3. The van der Waals surface area contributed by atoms with E-state index in [2.05, 4.69) is 0 Å². The Morgan fingerprint density at radius 1 is 0.962 bits per heavy atom. The Morgan fingerprint density at radius 2 is 1.50 bits per heavy atom. The van der Waals surface area contributed by atoms with E-state index in [0.717, 1.165) is 11.1 Å². The van der Waals surface area contributed by atoms with Crippen LogP contribution in [0.15, 0.2) is 72.8 Å². The predicted molar refractivity (Wildman–Crippen MR) is 103 cm³/mol. The molecule has 136 valence electrons. The number of nitrogens with zero attached hydrogens (tertiary/aromatic N) is 1. The van der Waals surface area contributed by atoms with Crippen LogP contribution in [0.5, 0.6) is 0 Å². The topological polar surface area (TPSA) is 46.6 Å². The molecule has 0 saturated heterocycles. The largest absolute Gasteiger partial charge is 0.462 e. The van der Waals surface area contributed by atoms with Crippen LogP contribution in [-0.4, -0.2) is 36.5 Å². The fourth-order valence-electron chi connectivity index (χ4n) is 2.76. The highest BCUT2D eigenvalue weighted by Gasteiger charge is 2.26. The molecule has 0 aromatic heterocycles. The lowest BCUT2D eigenvalue weighted by Crippen LogP contribution is -2.35. The van der Waals surface area contributed by atoms with E-state index in [1.54, 1.807) is 11.0 Å². The molecule has 0 fully saturated rings. The van der Waals surface area contributed by atoms with Crippen molar-refractivity contribution in [2.45, 2.75) is 19.8 Å². The molecule has 2 aromatic rings. The Hall–Kier alpha value is -2.88. The molecule has 0 atom stereocenters. The molecule has 1 amide bonds. The van der Waals surface area contributed by atoms with Crippen molar-refractivity contribution in [3.63, 3.8) is 0 Å². The first-order valence-electron chi connectivity index (χ1n) is 8.80. The smallest absolute Gasteiger partial charge is 0.302 e. The summed E-state index contributed by atoms with van der Waals surface area (Å²) in [5.41, 5.74) is 1.96. The second-order valence-corrected chi connectivity index (χ2v) is 5.91. The molecule has 0 saturated carbocycles. The maximum Gasteiger partial charge on any atom is 0.302 e. The van der Waals surface area contributed by atoms with E-state index in [9.17, 15) is 9.59 Å². The summed E-state index contributed by atoms with van der Waals surface area (Å²) in [5.74, 6) is -0.590. The zero-order chi connectivity index (χ0) is 18.8. The summed E-state index contributed by atoms with van der Waals surface area (Å²) >= 11 is 0. The quantitative estimate of drug-likeness (QED) is 0.537. The van der Waals surface area contributed by atoms with Crippen molar-refractivity contribution in [1.29, 1.82) is 0 Å². The average Bonchev–Trinajstić information content (AvgIpc) is 2.66. The van der Waals surface area contributed by atoms with Crippen LogP contribution in [0.2, 0.25) is 0 Å². The van der Waals surface area contributed by atoms with Crippen molar-refractivity contribution in [2.75, 3.05) is 19.7 Å². The van der Waals surface area contributed by atoms with Crippen molar-refractivity contribution in [1.82, 2.24) is 4.90 Å². The molecule has 0 heterocycles. The first-order valence-corrected chi connectivity index (χ1v) is 8.80. The van der Waals surface area contributed by atoms with Crippen LogP contribution < -0.4 is 0 Å². The summed E-state index contributed by atoms with van der Waals surface area (Å²) in [4.78, 5) is 25.8. The van der Waals surface area contributed by atoms with E-state index in [-0.39, 0.29) is 24.4 Å². The summed E-state index contributed by atoms with van der Waals surface area (Å²) in [6.45, 7) is 4.65. The van der Waals surface area contributed by atoms with Gasteiger partial charge in [0.15, 0.2) is 0 Å². The normalized spacial score (nSPS) is 10.9. The van der Waals surface area contributed by atoms with Gasteiger partial charge in [-0.05, 0) is 24.1 Å². The lowest BCUT2D eigenvalue weighted by atomic mass is 9.90. The molecule has 0 aliphatic carbocycles. The lowest BCUT2D eigenvalue weighted by molar-refractivity contribution is -0.139. The van der Waals surface area contributed by atoms with Crippen LogP contribution in [0, 0.1) is 0 Å². The summed E-state index contributed by atoms with van der Waals surface area (Å²) in [5, 5.41) is 0. The minimum Gasteiger partial charge on any atom is -0.462 e. The molecular weight excluding hydrogens is 326 g/mol. The zero-order valence-corrected chi connectivity index (χ0v) is 15.3. The number of carbonyl (C=O) groups excluding carboxylic acids is 2. The standard InChI is InChI=1S/C22H25NO3/c1-3-23(16-10-11-17-26-18(2)24)22(25)21(19-12-6-4-7-13-19)20-14-8-5-9-15-20/h4-15,21H,3,16-17H2,1-2H3. The molecule has 2 aromatic carbocycles. The van der Waals surface area contributed by atoms with Crippen LogP contribution >= 0.6 is 0 Å². The maximum atomic E-state index is 13.3. The van der Waals surface area contributed by atoms with Gasteiger partial charge in [-0.2, -0.15) is 0 Å². The van der Waals surface area contributed by atoms with Gasteiger partial charge in [-0.3, -0.25) is 9.59 Å². The highest BCUT2D eigenvalue weighted by molar-refractivity contribution is 5.87. The van der Waals surface area contributed by atoms with Gasteiger partial charge < -0.3 is 9.64 Å². The Labute approximate surface area is 155 Å².